The quantitative estimate of drug-likeness (QED) is 0.359. The summed E-state index contributed by atoms with van der Waals surface area (Å²) in [6.07, 6.45) is -0.933. The maximum absolute atomic E-state index is 12.5. The van der Waals surface area contributed by atoms with Crippen molar-refractivity contribution in [2.75, 3.05) is 6.61 Å². The van der Waals surface area contributed by atoms with Crippen LogP contribution in [0, 0.1) is 11.8 Å². The molecule has 2 fully saturated rings. The molecule has 0 aliphatic carbocycles. The Hall–Kier alpha value is -1.74. The number of carbonyl (C=O) groups is 2. The van der Waals surface area contributed by atoms with Crippen LogP contribution in [0.1, 0.15) is 40.0 Å². The minimum absolute atomic E-state index is 0.0298. The monoisotopic (exact) mass is 396 g/mol. The first-order chi connectivity index (χ1) is 13.0. The first-order valence-electron chi connectivity index (χ1n) is 9.57. The third-order valence-corrected chi connectivity index (χ3v) is 6.17. The van der Waals surface area contributed by atoms with E-state index in [0.29, 0.717) is 6.42 Å². The van der Waals surface area contributed by atoms with Gasteiger partial charge in [0.15, 0.2) is 5.79 Å². The largest absolute Gasteiger partial charge is 0.461 e. The highest BCUT2D eigenvalue weighted by atomic mass is 16.7. The van der Waals surface area contributed by atoms with Crippen LogP contribution in [0.5, 0.6) is 0 Å². The number of esters is 2. The Morgan fingerprint density at radius 2 is 2.14 bits per heavy atom. The second-order valence-electron chi connectivity index (χ2n) is 8.18. The Labute approximate surface area is 163 Å². The van der Waals surface area contributed by atoms with Crippen molar-refractivity contribution >= 4 is 11.9 Å². The van der Waals surface area contributed by atoms with Crippen molar-refractivity contribution < 1.29 is 39.1 Å². The summed E-state index contributed by atoms with van der Waals surface area (Å²) in [5.74, 6) is -4.02. The molecule has 3 heterocycles. The van der Waals surface area contributed by atoms with Crippen molar-refractivity contribution in [1.29, 1.82) is 0 Å². The number of aliphatic hydroxyl groups is 3. The maximum atomic E-state index is 12.5. The average Bonchev–Trinajstić information content (AvgIpc) is 3.04. The molecule has 3 aliphatic rings. The molecule has 0 spiro atoms. The normalized spacial score (nSPS) is 43.1. The van der Waals surface area contributed by atoms with E-state index in [1.807, 2.05) is 6.92 Å². The number of hydrogen-bond donors (Lipinski definition) is 3. The van der Waals surface area contributed by atoms with E-state index < -0.39 is 54.2 Å². The van der Waals surface area contributed by atoms with Gasteiger partial charge in [-0.15, -0.1) is 0 Å². The Morgan fingerprint density at radius 1 is 1.46 bits per heavy atom. The lowest BCUT2D eigenvalue weighted by Crippen LogP contribution is -2.45. The molecule has 0 radical (unpaired) electrons. The molecule has 1 unspecified atom stereocenters. The van der Waals surface area contributed by atoms with Crippen LogP contribution in [-0.2, 0) is 23.8 Å². The van der Waals surface area contributed by atoms with E-state index in [-0.39, 0.29) is 29.9 Å². The molecule has 3 N–H and O–H groups in total. The van der Waals surface area contributed by atoms with Crippen LogP contribution in [0.15, 0.2) is 23.8 Å². The van der Waals surface area contributed by atoms with Crippen molar-refractivity contribution in [2.45, 2.75) is 69.7 Å². The van der Waals surface area contributed by atoms with E-state index in [9.17, 15) is 24.9 Å². The Bertz CT molecular complexity index is 715. The van der Waals surface area contributed by atoms with E-state index in [1.54, 1.807) is 13.8 Å². The van der Waals surface area contributed by atoms with Gasteiger partial charge < -0.3 is 29.5 Å². The van der Waals surface area contributed by atoms with E-state index in [2.05, 4.69) is 6.58 Å². The summed E-state index contributed by atoms with van der Waals surface area (Å²) in [6, 6.07) is 0. The summed E-state index contributed by atoms with van der Waals surface area (Å²) < 4.78 is 16.9. The zero-order valence-corrected chi connectivity index (χ0v) is 16.4. The standard InChI is InChI=1S/C20H28O8/c1-5-10(2)17(23)27-14-7-19(4)15(22)8-20(25,28-19)12(9-21)6-13-16(14)11(3)18(24)26-13/h6,10,13-16,21-22,25H,3,5,7-9H2,1-2,4H3/b12-6-/t10?,13-,14-,15+,16+,19-,20-/m1/s1. The van der Waals surface area contributed by atoms with Crippen LogP contribution in [0.3, 0.4) is 0 Å². The molecule has 2 bridgehead atoms. The zero-order valence-electron chi connectivity index (χ0n) is 16.4. The molecule has 3 aliphatic heterocycles. The van der Waals surface area contributed by atoms with Crippen LogP contribution in [-0.4, -0.2) is 63.6 Å². The number of aliphatic hydroxyl groups excluding tert-OH is 2. The number of fused-ring (bicyclic) bond motifs is 3. The Kier molecular flexibility index (Phi) is 5.44. The lowest BCUT2D eigenvalue weighted by Gasteiger charge is -2.35. The SMILES string of the molecule is C=C1C(=O)O[C@@H]2/C=C(/CO)[C@@]3(O)C[C@H](O)[C@@](C)(C[C@@H](OC(=O)C(C)CC)[C@@H]12)O3. The second kappa shape index (κ2) is 7.26. The van der Waals surface area contributed by atoms with E-state index in [0.717, 1.165) is 0 Å². The van der Waals surface area contributed by atoms with Crippen molar-refractivity contribution in [3.8, 4) is 0 Å². The smallest absolute Gasteiger partial charge is 0.334 e. The molecule has 8 heteroatoms. The van der Waals surface area contributed by atoms with Gasteiger partial charge >= 0.3 is 11.9 Å². The Balaban J connectivity index is 2.07. The predicted molar refractivity (Wildman–Crippen MR) is 96.7 cm³/mol. The topological polar surface area (TPSA) is 123 Å². The van der Waals surface area contributed by atoms with Crippen LogP contribution < -0.4 is 0 Å². The van der Waals surface area contributed by atoms with Crippen LogP contribution in [0.2, 0.25) is 0 Å². The average molecular weight is 396 g/mol. The van der Waals surface area contributed by atoms with Gasteiger partial charge in [0.2, 0.25) is 0 Å². The summed E-state index contributed by atoms with van der Waals surface area (Å²) >= 11 is 0. The van der Waals surface area contributed by atoms with Gasteiger partial charge in [-0.1, -0.05) is 20.4 Å². The third-order valence-electron chi connectivity index (χ3n) is 6.17. The molecule has 28 heavy (non-hydrogen) atoms. The molecule has 3 rings (SSSR count). The van der Waals surface area contributed by atoms with Gasteiger partial charge in [0.1, 0.15) is 12.2 Å². The molecule has 156 valence electrons. The van der Waals surface area contributed by atoms with Crippen LogP contribution in [0.4, 0.5) is 0 Å². The summed E-state index contributed by atoms with van der Waals surface area (Å²) in [7, 11) is 0. The van der Waals surface area contributed by atoms with E-state index in [4.69, 9.17) is 14.2 Å². The van der Waals surface area contributed by atoms with Crippen LogP contribution in [0.25, 0.3) is 0 Å². The molecule has 0 amide bonds. The fourth-order valence-electron chi connectivity index (χ4n) is 4.11. The van der Waals surface area contributed by atoms with E-state index in [1.165, 1.54) is 6.08 Å². The zero-order chi connectivity index (χ0) is 20.9. The summed E-state index contributed by atoms with van der Waals surface area (Å²) in [5.41, 5.74) is -1.03. The molecule has 8 nitrogen and oxygen atoms in total. The highest BCUT2D eigenvalue weighted by Gasteiger charge is 2.58. The lowest BCUT2D eigenvalue weighted by atomic mass is 9.80. The van der Waals surface area contributed by atoms with Crippen molar-refractivity contribution in [3.05, 3.63) is 23.8 Å². The van der Waals surface area contributed by atoms with Gasteiger partial charge in [0.05, 0.1) is 30.1 Å². The molecule has 2 saturated heterocycles. The maximum Gasteiger partial charge on any atom is 0.334 e. The van der Waals surface area contributed by atoms with Gasteiger partial charge in [-0.25, -0.2) is 4.79 Å². The number of hydrogen-bond acceptors (Lipinski definition) is 8. The molecule has 0 aromatic heterocycles. The molecule has 7 atom stereocenters. The summed E-state index contributed by atoms with van der Waals surface area (Å²) in [5, 5.41) is 31.3. The van der Waals surface area contributed by atoms with Gasteiger partial charge in [-0.3, -0.25) is 4.79 Å². The minimum atomic E-state index is -1.90. The molecule has 0 aromatic carbocycles. The number of rotatable bonds is 4. The fourth-order valence-corrected chi connectivity index (χ4v) is 4.11. The van der Waals surface area contributed by atoms with Gasteiger partial charge in [0, 0.05) is 24.0 Å². The summed E-state index contributed by atoms with van der Waals surface area (Å²) in [6.45, 7) is 8.45. The minimum Gasteiger partial charge on any atom is -0.461 e. The van der Waals surface area contributed by atoms with Crippen LogP contribution >= 0.6 is 0 Å². The number of ether oxygens (including phenoxy) is 3. The highest BCUT2D eigenvalue weighted by molar-refractivity contribution is 5.91. The molecule has 0 aromatic rings. The highest BCUT2D eigenvalue weighted by Crippen LogP contribution is 2.48. The van der Waals surface area contributed by atoms with Crippen molar-refractivity contribution in [3.63, 3.8) is 0 Å². The van der Waals surface area contributed by atoms with Gasteiger partial charge in [-0.2, -0.15) is 0 Å². The molecular weight excluding hydrogens is 368 g/mol. The predicted octanol–water partition coefficient (Wildman–Crippen LogP) is 0.593. The third kappa shape index (κ3) is 3.39. The Morgan fingerprint density at radius 3 is 2.75 bits per heavy atom. The van der Waals surface area contributed by atoms with Gasteiger partial charge in [0.25, 0.3) is 0 Å². The molecule has 0 saturated carbocycles. The summed E-state index contributed by atoms with van der Waals surface area (Å²) in [4.78, 5) is 24.7. The first-order valence-corrected chi connectivity index (χ1v) is 9.57. The lowest BCUT2D eigenvalue weighted by molar-refractivity contribution is -0.211. The van der Waals surface area contributed by atoms with Crippen molar-refractivity contribution in [1.82, 2.24) is 0 Å². The second-order valence-corrected chi connectivity index (χ2v) is 8.18. The molecular formula is C20H28O8. The van der Waals surface area contributed by atoms with Gasteiger partial charge in [-0.05, 0) is 19.4 Å². The van der Waals surface area contributed by atoms with Crippen molar-refractivity contribution in [2.24, 2.45) is 11.8 Å². The fraction of sp³-hybridized carbons (Fsp3) is 0.700. The number of carbonyl (C=O) groups excluding carboxylic acids is 2. The first kappa shape index (κ1) is 21.0. The van der Waals surface area contributed by atoms with E-state index >= 15 is 0 Å².